The Balaban J connectivity index is 0.00000264. The smallest absolute Gasteiger partial charge is 0.243 e. The normalized spacial score (nSPS) is 13.2. The zero-order valence-electron chi connectivity index (χ0n) is 14.0. The quantitative estimate of drug-likeness (QED) is 0.347. The molecule has 126 valence electrons. The summed E-state index contributed by atoms with van der Waals surface area (Å²) in [6.07, 6.45) is 0.992. The van der Waals surface area contributed by atoms with Crippen LogP contribution in [0.15, 0.2) is 41.4 Å². The Bertz CT molecular complexity index is 598. The maximum Gasteiger partial charge on any atom is 0.243 e. The molecular formula is C17H25IN4O. The summed E-state index contributed by atoms with van der Waals surface area (Å²) >= 11 is 0. The van der Waals surface area contributed by atoms with E-state index in [0.717, 1.165) is 30.2 Å². The van der Waals surface area contributed by atoms with Gasteiger partial charge in [0.2, 0.25) is 5.91 Å². The first kappa shape index (κ1) is 19.5. The molecule has 0 bridgehead atoms. The number of guanidine groups is 1. The van der Waals surface area contributed by atoms with E-state index in [0.29, 0.717) is 6.54 Å². The first-order chi connectivity index (χ1) is 10.5. The highest BCUT2D eigenvalue weighted by Gasteiger charge is 2.22. The molecule has 5 nitrogen and oxygen atoms in total. The Hall–Kier alpha value is -1.57. The Labute approximate surface area is 155 Å². The summed E-state index contributed by atoms with van der Waals surface area (Å²) in [7, 11) is 3.48. The third-order valence-corrected chi connectivity index (χ3v) is 3.55. The number of carbonyl (C=O) groups excluding carboxylic acids is 1. The van der Waals surface area contributed by atoms with E-state index in [1.165, 1.54) is 5.56 Å². The number of hydrogen-bond acceptors (Lipinski definition) is 2. The van der Waals surface area contributed by atoms with Gasteiger partial charge in [0.05, 0.1) is 0 Å². The van der Waals surface area contributed by atoms with Crippen LogP contribution >= 0.6 is 24.0 Å². The Morgan fingerprint density at radius 2 is 2.09 bits per heavy atom. The van der Waals surface area contributed by atoms with Gasteiger partial charge in [0.25, 0.3) is 0 Å². The molecule has 0 radical (unpaired) electrons. The lowest BCUT2D eigenvalue weighted by Gasteiger charge is -2.23. The zero-order valence-corrected chi connectivity index (χ0v) is 16.3. The summed E-state index contributed by atoms with van der Waals surface area (Å²) in [6.45, 7) is 7.54. The van der Waals surface area contributed by atoms with Gasteiger partial charge in [0.1, 0.15) is 6.54 Å². The monoisotopic (exact) mass is 428 g/mol. The molecule has 0 aliphatic carbocycles. The minimum atomic E-state index is -0.0119. The van der Waals surface area contributed by atoms with Crippen molar-refractivity contribution < 1.29 is 4.79 Å². The van der Waals surface area contributed by atoms with Crippen molar-refractivity contribution in [1.82, 2.24) is 10.2 Å². The summed E-state index contributed by atoms with van der Waals surface area (Å²) in [5.41, 5.74) is 3.50. The summed E-state index contributed by atoms with van der Waals surface area (Å²) < 4.78 is 0. The molecule has 1 heterocycles. The van der Waals surface area contributed by atoms with Gasteiger partial charge in [-0.2, -0.15) is 0 Å². The lowest BCUT2D eigenvalue weighted by molar-refractivity contribution is -0.127. The van der Waals surface area contributed by atoms with Crippen molar-refractivity contribution in [3.8, 4) is 0 Å². The van der Waals surface area contributed by atoms with Crippen LogP contribution in [0.3, 0.4) is 0 Å². The van der Waals surface area contributed by atoms with E-state index in [4.69, 9.17) is 0 Å². The number of rotatable bonds is 4. The molecule has 6 heteroatoms. The predicted octanol–water partition coefficient (Wildman–Crippen LogP) is 2.28. The number of anilines is 1. The van der Waals surface area contributed by atoms with Crippen molar-refractivity contribution in [2.45, 2.75) is 13.3 Å². The molecule has 1 aliphatic heterocycles. The highest BCUT2D eigenvalue weighted by atomic mass is 127. The van der Waals surface area contributed by atoms with Gasteiger partial charge in [-0.05, 0) is 25.0 Å². The summed E-state index contributed by atoms with van der Waals surface area (Å²) in [6, 6.07) is 8.30. The lowest BCUT2D eigenvalue weighted by atomic mass is 10.2. The third kappa shape index (κ3) is 5.23. The van der Waals surface area contributed by atoms with Crippen molar-refractivity contribution in [2.75, 3.05) is 38.6 Å². The second-order valence-electron chi connectivity index (χ2n) is 5.77. The third-order valence-electron chi connectivity index (χ3n) is 3.55. The van der Waals surface area contributed by atoms with Crippen LogP contribution in [0.5, 0.6) is 0 Å². The summed E-state index contributed by atoms with van der Waals surface area (Å²) in [5, 5.41) is 3.30. The molecule has 1 N–H and O–H groups in total. The van der Waals surface area contributed by atoms with Gasteiger partial charge in [0, 0.05) is 32.9 Å². The van der Waals surface area contributed by atoms with E-state index in [-0.39, 0.29) is 36.4 Å². The number of fused-ring (bicyclic) bond motifs is 1. The molecule has 1 amide bonds. The van der Waals surface area contributed by atoms with Crippen LogP contribution in [-0.4, -0.2) is 50.5 Å². The van der Waals surface area contributed by atoms with Gasteiger partial charge < -0.3 is 15.1 Å². The Morgan fingerprint density at radius 3 is 2.74 bits per heavy atom. The number of halogens is 1. The maximum atomic E-state index is 11.8. The molecule has 0 unspecified atom stereocenters. The number of hydrogen-bond donors (Lipinski definition) is 1. The SMILES string of the molecule is C=C(C)CNC(=NCC(=O)N(C)C)N1CCc2ccccc21.I. The van der Waals surface area contributed by atoms with Crippen LogP contribution in [0.2, 0.25) is 0 Å². The highest BCUT2D eigenvalue weighted by molar-refractivity contribution is 14.0. The topological polar surface area (TPSA) is 47.9 Å². The molecule has 0 saturated heterocycles. The van der Waals surface area contributed by atoms with E-state index in [1.54, 1.807) is 19.0 Å². The molecule has 23 heavy (non-hydrogen) atoms. The van der Waals surface area contributed by atoms with Crippen LogP contribution in [0, 0.1) is 0 Å². The van der Waals surface area contributed by atoms with Gasteiger partial charge in [-0.3, -0.25) is 4.79 Å². The van der Waals surface area contributed by atoms with Crippen LogP contribution in [0.4, 0.5) is 5.69 Å². The van der Waals surface area contributed by atoms with Crippen molar-refractivity contribution in [2.24, 2.45) is 4.99 Å². The maximum absolute atomic E-state index is 11.8. The number of nitrogens with zero attached hydrogens (tertiary/aromatic N) is 3. The lowest BCUT2D eigenvalue weighted by Crippen LogP contribution is -2.42. The molecule has 2 rings (SSSR count). The number of nitrogens with one attached hydrogen (secondary N) is 1. The van der Waals surface area contributed by atoms with E-state index in [2.05, 4.69) is 40.0 Å². The fraction of sp³-hybridized carbons (Fsp3) is 0.412. The van der Waals surface area contributed by atoms with Crippen molar-refractivity contribution >= 4 is 41.5 Å². The number of carbonyl (C=O) groups is 1. The van der Waals surface area contributed by atoms with Gasteiger partial charge in [-0.1, -0.05) is 30.4 Å². The summed E-state index contributed by atoms with van der Waals surface area (Å²) in [4.78, 5) is 20.0. The van der Waals surface area contributed by atoms with Gasteiger partial charge in [0.15, 0.2) is 5.96 Å². The predicted molar refractivity (Wildman–Crippen MR) is 107 cm³/mol. The van der Waals surface area contributed by atoms with E-state index < -0.39 is 0 Å². The molecule has 1 aromatic carbocycles. The Kier molecular flexibility index (Phi) is 7.54. The highest BCUT2D eigenvalue weighted by Crippen LogP contribution is 2.27. The molecule has 0 saturated carbocycles. The molecule has 0 aromatic heterocycles. The van der Waals surface area contributed by atoms with Crippen molar-refractivity contribution in [3.63, 3.8) is 0 Å². The second kappa shape index (κ2) is 8.90. The number of para-hydroxylation sites is 1. The minimum absolute atomic E-state index is 0. The fourth-order valence-corrected chi connectivity index (χ4v) is 2.31. The van der Waals surface area contributed by atoms with E-state index in [9.17, 15) is 4.79 Å². The van der Waals surface area contributed by atoms with Crippen molar-refractivity contribution in [3.05, 3.63) is 42.0 Å². The molecule has 0 atom stereocenters. The number of likely N-dealkylation sites (N-methyl/N-ethyl adjacent to an activating group) is 1. The number of amides is 1. The minimum Gasteiger partial charge on any atom is -0.352 e. The van der Waals surface area contributed by atoms with Crippen LogP contribution in [0.25, 0.3) is 0 Å². The largest absolute Gasteiger partial charge is 0.352 e. The average Bonchev–Trinajstić information content (AvgIpc) is 2.90. The fourth-order valence-electron chi connectivity index (χ4n) is 2.31. The van der Waals surface area contributed by atoms with Crippen LogP contribution in [-0.2, 0) is 11.2 Å². The van der Waals surface area contributed by atoms with Crippen LogP contribution < -0.4 is 10.2 Å². The van der Waals surface area contributed by atoms with Gasteiger partial charge >= 0.3 is 0 Å². The van der Waals surface area contributed by atoms with Gasteiger partial charge in [-0.25, -0.2) is 4.99 Å². The molecule has 0 fully saturated rings. The van der Waals surface area contributed by atoms with Crippen molar-refractivity contribution in [1.29, 1.82) is 0 Å². The van der Waals surface area contributed by atoms with E-state index >= 15 is 0 Å². The zero-order chi connectivity index (χ0) is 16.1. The summed E-state index contributed by atoms with van der Waals surface area (Å²) in [5.74, 6) is 0.727. The first-order valence-corrected chi connectivity index (χ1v) is 7.47. The van der Waals surface area contributed by atoms with E-state index in [1.807, 2.05) is 13.0 Å². The number of benzene rings is 1. The standard InChI is InChI=1S/C17H24N4O.HI/c1-13(2)11-18-17(19-12-16(22)20(3)4)21-10-9-14-7-5-6-8-15(14)21;/h5-8H,1,9-12H2,2-4H3,(H,18,19);1H. The molecule has 1 aliphatic rings. The van der Waals surface area contributed by atoms with Crippen LogP contribution in [0.1, 0.15) is 12.5 Å². The molecule has 0 spiro atoms. The Morgan fingerprint density at radius 1 is 1.39 bits per heavy atom. The molecular weight excluding hydrogens is 403 g/mol. The average molecular weight is 428 g/mol. The van der Waals surface area contributed by atoms with Gasteiger partial charge in [-0.15, -0.1) is 24.0 Å². The first-order valence-electron chi connectivity index (χ1n) is 7.47. The second-order valence-corrected chi connectivity index (χ2v) is 5.77. The number of aliphatic imine (C=N–C) groups is 1. The molecule has 1 aromatic rings.